The molecule has 0 unspecified atom stereocenters. The molecule has 1 amide bonds. The van der Waals surface area contributed by atoms with E-state index in [1.165, 1.54) is 12.1 Å². The fourth-order valence-electron chi connectivity index (χ4n) is 3.64. The fourth-order valence-corrected chi connectivity index (χ4v) is 3.84. The molecule has 172 valence electrons. The van der Waals surface area contributed by atoms with Crippen LogP contribution < -0.4 is 10.6 Å². The average Bonchev–Trinajstić information content (AvgIpc) is 3.12. The first-order chi connectivity index (χ1) is 16.3. The van der Waals surface area contributed by atoms with Crippen LogP contribution in [-0.2, 0) is 6.54 Å². The van der Waals surface area contributed by atoms with Crippen molar-refractivity contribution in [2.75, 3.05) is 10.6 Å². The Hall–Kier alpha value is -4.17. The minimum Gasteiger partial charge on any atom is -0.375 e. The zero-order valence-corrected chi connectivity index (χ0v) is 19.3. The van der Waals surface area contributed by atoms with Crippen molar-refractivity contribution in [1.82, 2.24) is 9.78 Å². The molecule has 3 aromatic carbocycles. The number of amides is 1. The number of nitrogens with zero attached hydrogens (tertiary/aromatic N) is 3. The van der Waals surface area contributed by atoms with Crippen molar-refractivity contribution in [3.05, 3.63) is 110 Å². The summed E-state index contributed by atoms with van der Waals surface area (Å²) in [6.45, 7) is 3.96. The number of anilines is 2. The minimum atomic E-state index is -0.518. The lowest BCUT2D eigenvalue weighted by Gasteiger charge is -2.11. The van der Waals surface area contributed by atoms with Gasteiger partial charge in [0.2, 0.25) is 0 Å². The molecule has 4 rings (SSSR count). The second-order valence-electron chi connectivity index (χ2n) is 7.68. The first-order valence-corrected chi connectivity index (χ1v) is 10.9. The van der Waals surface area contributed by atoms with Gasteiger partial charge in [0.05, 0.1) is 27.7 Å². The van der Waals surface area contributed by atoms with E-state index in [-0.39, 0.29) is 11.3 Å². The summed E-state index contributed by atoms with van der Waals surface area (Å²) in [7, 11) is 0. The number of hydrogen-bond donors (Lipinski definition) is 2. The second-order valence-corrected chi connectivity index (χ2v) is 8.09. The quantitative estimate of drug-likeness (QED) is 0.255. The molecule has 0 aliphatic heterocycles. The highest BCUT2D eigenvalue weighted by atomic mass is 35.5. The van der Waals surface area contributed by atoms with Gasteiger partial charge in [-0.15, -0.1) is 0 Å². The molecule has 0 saturated carbocycles. The topological polar surface area (TPSA) is 102 Å². The Morgan fingerprint density at radius 2 is 1.76 bits per heavy atom. The van der Waals surface area contributed by atoms with Crippen LogP contribution >= 0.6 is 11.6 Å². The maximum absolute atomic E-state index is 13.0. The lowest BCUT2D eigenvalue weighted by atomic mass is 10.1. The predicted molar refractivity (Wildman–Crippen MR) is 133 cm³/mol. The number of carbonyl (C=O) groups excluding carboxylic acids is 1. The van der Waals surface area contributed by atoms with Crippen LogP contribution in [0.5, 0.6) is 0 Å². The van der Waals surface area contributed by atoms with E-state index in [1.54, 1.807) is 23.7 Å². The van der Waals surface area contributed by atoms with E-state index in [1.807, 2.05) is 55.5 Å². The SMILES string of the molecule is Cc1nn(-c2ccccc2)c(C)c1NC(=O)c1ccc(NCc2ccccc2Cl)c([N+](=O)[O-])c1. The predicted octanol–water partition coefficient (Wildman–Crippen LogP) is 5.92. The third kappa shape index (κ3) is 4.77. The molecule has 2 N–H and O–H groups in total. The van der Waals surface area contributed by atoms with Gasteiger partial charge in [-0.25, -0.2) is 4.68 Å². The normalized spacial score (nSPS) is 10.7. The standard InChI is InChI=1S/C25H22ClN5O3/c1-16-24(17(2)30(29-16)20-9-4-3-5-10-20)28-25(32)18-12-13-22(23(14-18)31(33)34)27-15-19-8-6-7-11-21(19)26/h3-14,27H,15H2,1-2H3,(H,28,32). The molecule has 4 aromatic rings. The molecular weight excluding hydrogens is 454 g/mol. The van der Waals surface area contributed by atoms with Crippen LogP contribution in [0.3, 0.4) is 0 Å². The van der Waals surface area contributed by atoms with Gasteiger partial charge in [-0.2, -0.15) is 5.10 Å². The number of nitrogens with one attached hydrogen (secondary N) is 2. The lowest BCUT2D eigenvalue weighted by molar-refractivity contribution is -0.384. The van der Waals surface area contributed by atoms with Gasteiger partial charge in [0.1, 0.15) is 5.69 Å². The number of hydrogen-bond acceptors (Lipinski definition) is 5. The molecule has 34 heavy (non-hydrogen) atoms. The van der Waals surface area contributed by atoms with Gasteiger partial charge in [0.15, 0.2) is 0 Å². The first kappa shape index (κ1) is 23.0. The summed E-state index contributed by atoms with van der Waals surface area (Å²) < 4.78 is 1.75. The summed E-state index contributed by atoms with van der Waals surface area (Å²) in [4.78, 5) is 24.1. The van der Waals surface area contributed by atoms with Crippen LogP contribution in [0.1, 0.15) is 27.3 Å². The highest BCUT2D eigenvalue weighted by molar-refractivity contribution is 6.31. The van der Waals surface area contributed by atoms with Gasteiger partial charge < -0.3 is 10.6 Å². The van der Waals surface area contributed by atoms with E-state index in [4.69, 9.17) is 11.6 Å². The zero-order valence-electron chi connectivity index (χ0n) is 18.6. The molecule has 0 aliphatic carbocycles. The van der Waals surface area contributed by atoms with Crippen molar-refractivity contribution in [3.63, 3.8) is 0 Å². The van der Waals surface area contributed by atoms with E-state index < -0.39 is 10.8 Å². The van der Waals surface area contributed by atoms with Crippen LogP contribution in [0.2, 0.25) is 5.02 Å². The van der Waals surface area contributed by atoms with Gasteiger partial charge in [-0.05, 0) is 49.7 Å². The van der Waals surface area contributed by atoms with Crippen molar-refractivity contribution in [2.24, 2.45) is 0 Å². The Bertz CT molecular complexity index is 1370. The van der Waals surface area contributed by atoms with Crippen molar-refractivity contribution in [3.8, 4) is 5.69 Å². The molecular formula is C25H22ClN5O3. The van der Waals surface area contributed by atoms with E-state index in [0.717, 1.165) is 16.9 Å². The first-order valence-electron chi connectivity index (χ1n) is 10.5. The zero-order chi connectivity index (χ0) is 24.2. The Morgan fingerprint density at radius 1 is 1.06 bits per heavy atom. The third-order valence-electron chi connectivity index (χ3n) is 5.41. The monoisotopic (exact) mass is 475 g/mol. The molecule has 0 aliphatic rings. The summed E-state index contributed by atoms with van der Waals surface area (Å²) in [6, 6.07) is 21.1. The number of nitro benzene ring substituents is 1. The van der Waals surface area contributed by atoms with E-state index in [0.29, 0.717) is 28.6 Å². The van der Waals surface area contributed by atoms with Crippen LogP contribution in [0.25, 0.3) is 5.69 Å². The van der Waals surface area contributed by atoms with Crippen LogP contribution in [0.4, 0.5) is 17.1 Å². The number of carbonyl (C=O) groups is 1. The summed E-state index contributed by atoms with van der Waals surface area (Å²) in [5, 5.41) is 22.7. The number of halogens is 1. The molecule has 0 atom stereocenters. The highest BCUT2D eigenvalue weighted by Crippen LogP contribution is 2.28. The van der Waals surface area contributed by atoms with E-state index in [2.05, 4.69) is 15.7 Å². The Kier molecular flexibility index (Phi) is 6.60. The summed E-state index contributed by atoms with van der Waals surface area (Å²) in [5.41, 5.74) is 3.90. The van der Waals surface area contributed by atoms with Crippen LogP contribution in [0, 0.1) is 24.0 Å². The summed E-state index contributed by atoms with van der Waals surface area (Å²) >= 11 is 6.17. The van der Waals surface area contributed by atoms with Gasteiger partial charge in [0, 0.05) is 23.2 Å². The molecule has 8 nitrogen and oxygen atoms in total. The Morgan fingerprint density at radius 3 is 2.47 bits per heavy atom. The smallest absolute Gasteiger partial charge is 0.293 e. The molecule has 0 fully saturated rings. The van der Waals surface area contributed by atoms with E-state index in [9.17, 15) is 14.9 Å². The summed E-state index contributed by atoms with van der Waals surface area (Å²) in [6.07, 6.45) is 0. The van der Waals surface area contributed by atoms with Crippen LogP contribution in [0.15, 0.2) is 72.8 Å². The van der Waals surface area contributed by atoms with Gasteiger partial charge >= 0.3 is 0 Å². The third-order valence-corrected chi connectivity index (χ3v) is 5.78. The van der Waals surface area contributed by atoms with Gasteiger partial charge in [-0.1, -0.05) is 48.0 Å². The van der Waals surface area contributed by atoms with Crippen LogP contribution in [-0.4, -0.2) is 20.6 Å². The molecule has 0 bridgehead atoms. The van der Waals surface area contributed by atoms with Crippen molar-refractivity contribution < 1.29 is 9.72 Å². The Balaban J connectivity index is 1.56. The maximum atomic E-state index is 13.0. The molecule has 0 saturated heterocycles. The number of aromatic nitrogens is 2. The average molecular weight is 476 g/mol. The minimum absolute atomic E-state index is 0.168. The second kappa shape index (κ2) is 9.76. The maximum Gasteiger partial charge on any atom is 0.293 e. The fraction of sp³-hybridized carbons (Fsp3) is 0.120. The van der Waals surface area contributed by atoms with Gasteiger partial charge in [0.25, 0.3) is 11.6 Å². The highest BCUT2D eigenvalue weighted by Gasteiger charge is 2.20. The van der Waals surface area contributed by atoms with Crippen molar-refractivity contribution in [2.45, 2.75) is 20.4 Å². The van der Waals surface area contributed by atoms with Crippen molar-refractivity contribution in [1.29, 1.82) is 0 Å². The summed E-state index contributed by atoms with van der Waals surface area (Å²) in [5.74, 6) is -0.459. The molecule has 9 heteroatoms. The number of rotatable bonds is 7. The number of nitro groups is 1. The number of benzene rings is 3. The van der Waals surface area contributed by atoms with Crippen molar-refractivity contribution >= 4 is 34.6 Å². The molecule has 0 spiro atoms. The largest absolute Gasteiger partial charge is 0.375 e. The number of aryl methyl sites for hydroxylation is 1. The molecule has 1 aromatic heterocycles. The molecule has 0 radical (unpaired) electrons. The lowest BCUT2D eigenvalue weighted by Crippen LogP contribution is -2.14. The van der Waals surface area contributed by atoms with E-state index >= 15 is 0 Å². The number of para-hydroxylation sites is 1. The molecule has 1 heterocycles. The Labute approximate surface area is 201 Å². The van der Waals surface area contributed by atoms with Gasteiger partial charge in [-0.3, -0.25) is 14.9 Å².